The van der Waals surface area contributed by atoms with Gasteiger partial charge in [0.05, 0.1) is 16.3 Å². The zero-order chi connectivity index (χ0) is 8.27. The van der Waals surface area contributed by atoms with E-state index in [1.165, 1.54) is 11.3 Å². The maximum Gasteiger partial charge on any atom is 0.186 e. The number of rotatable bonds is 2. The summed E-state index contributed by atoms with van der Waals surface area (Å²) in [6.07, 6.45) is 6.72. The molecule has 2 nitrogen and oxygen atoms in total. The van der Waals surface area contributed by atoms with Crippen LogP contribution < -0.4 is 0 Å². The summed E-state index contributed by atoms with van der Waals surface area (Å²) in [7, 11) is 0. The molecule has 0 unspecified atom stereocenters. The third-order valence-corrected chi connectivity index (χ3v) is 2.11. The zero-order valence-electron chi connectivity index (χ0n) is 6.13. The third kappa shape index (κ3) is 1.89. The van der Waals surface area contributed by atoms with E-state index < -0.39 is 0 Å². The SMILES string of the molecule is C#CCC(=O)c1cnc(C)s1. The summed E-state index contributed by atoms with van der Waals surface area (Å²) in [5.74, 6) is 2.29. The summed E-state index contributed by atoms with van der Waals surface area (Å²) in [6.45, 7) is 1.86. The van der Waals surface area contributed by atoms with E-state index in [1.54, 1.807) is 6.20 Å². The van der Waals surface area contributed by atoms with Gasteiger partial charge in [0.1, 0.15) is 0 Å². The molecule has 56 valence electrons. The molecule has 1 aromatic heterocycles. The van der Waals surface area contributed by atoms with Crippen LogP contribution in [0.15, 0.2) is 6.20 Å². The second kappa shape index (κ2) is 3.31. The highest BCUT2D eigenvalue weighted by atomic mass is 32.1. The van der Waals surface area contributed by atoms with E-state index in [1.807, 2.05) is 6.92 Å². The van der Waals surface area contributed by atoms with Gasteiger partial charge in [-0.15, -0.1) is 17.8 Å². The van der Waals surface area contributed by atoms with Gasteiger partial charge in [-0.05, 0) is 6.92 Å². The molecule has 0 radical (unpaired) electrons. The molecule has 0 aliphatic rings. The lowest BCUT2D eigenvalue weighted by atomic mass is 10.3. The Bertz CT molecular complexity index is 308. The molecule has 0 bridgehead atoms. The Labute approximate surface area is 69.3 Å². The lowest BCUT2D eigenvalue weighted by Gasteiger charge is -1.85. The average molecular weight is 165 g/mol. The number of aromatic nitrogens is 1. The first-order valence-electron chi connectivity index (χ1n) is 3.13. The maximum atomic E-state index is 11.1. The molecule has 1 rings (SSSR count). The fraction of sp³-hybridized carbons (Fsp3) is 0.250. The molecule has 0 amide bonds. The van der Waals surface area contributed by atoms with Gasteiger partial charge in [-0.1, -0.05) is 5.92 Å². The molecular weight excluding hydrogens is 158 g/mol. The van der Waals surface area contributed by atoms with Gasteiger partial charge >= 0.3 is 0 Å². The first-order valence-corrected chi connectivity index (χ1v) is 3.95. The van der Waals surface area contributed by atoms with Crippen LogP contribution in [0, 0.1) is 19.3 Å². The monoisotopic (exact) mass is 165 g/mol. The largest absolute Gasteiger partial charge is 0.292 e. The normalized spacial score (nSPS) is 9.09. The highest BCUT2D eigenvalue weighted by Crippen LogP contribution is 2.12. The number of Topliss-reactive ketones (excluding diaryl/α,β-unsaturated/α-hetero) is 1. The van der Waals surface area contributed by atoms with Gasteiger partial charge in [0.25, 0.3) is 0 Å². The minimum Gasteiger partial charge on any atom is -0.292 e. The lowest BCUT2D eigenvalue weighted by Crippen LogP contribution is -1.92. The van der Waals surface area contributed by atoms with Crippen molar-refractivity contribution in [2.24, 2.45) is 0 Å². The summed E-state index contributed by atoms with van der Waals surface area (Å²) >= 11 is 1.38. The van der Waals surface area contributed by atoms with Crippen LogP contribution in [0.5, 0.6) is 0 Å². The Balaban J connectivity index is 2.78. The van der Waals surface area contributed by atoms with Crippen LogP contribution in [-0.4, -0.2) is 10.8 Å². The van der Waals surface area contributed by atoms with E-state index in [9.17, 15) is 4.79 Å². The summed E-state index contributed by atoms with van der Waals surface area (Å²) < 4.78 is 0. The molecule has 0 N–H and O–H groups in total. The molecule has 0 aliphatic heterocycles. The van der Waals surface area contributed by atoms with Crippen LogP contribution in [0.3, 0.4) is 0 Å². The van der Waals surface area contributed by atoms with Gasteiger partial charge in [-0.25, -0.2) is 4.98 Å². The van der Waals surface area contributed by atoms with E-state index in [4.69, 9.17) is 6.42 Å². The fourth-order valence-electron chi connectivity index (χ4n) is 0.670. The molecule has 3 heteroatoms. The minimum absolute atomic E-state index is 0.0156. The van der Waals surface area contributed by atoms with Gasteiger partial charge in [-0.2, -0.15) is 0 Å². The van der Waals surface area contributed by atoms with Gasteiger partial charge in [0, 0.05) is 6.20 Å². The van der Waals surface area contributed by atoms with Crippen molar-refractivity contribution in [2.75, 3.05) is 0 Å². The van der Waals surface area contributed by atoms with Gasteiger partial charge in [-0.3, -0.25) is 4.79 Å². The molecule has 1 aromatic rings. The summed E-state index contributed by atoms with van der Waals surface area (Å²) in [5.41, 5.74) is 0. The number of ketones is 1. The summed E-state index contributed by atoms with van der Waals surface area (Å²) in [4.78, 5) is 15.7. The van der Waals surface area contributed by atoms with Crippen LogP contribution in [0.4, 0.5) is 0 Å². The predicted octanol–water partition coefficient (Wildman–Crippen LogP) is 1.66. The molecule has 1 heterocycles. The predicted molar refractivity (Wildman–Crippen MR) is 44.6 cm³/mol. The van der Waals surface area contributed by atoms with E-state index >= 15 is 0 Å². The van der Waals surface area contributed by atoms with Crippen molar-refractivity contribution in [2.45, 2.75) is 13.3 Å². The third-order valence-electron chi connectivity index (χ3n) is 1.16. The van der Waals surface area contributed by atoms with Crippen molar-refractivity contribution >= 4 is 17.1 Å². The molecule has 0 aromatic carbocycles. The molecule has 0 saturated heterocycles. The Morgan fingerprint density at radius 2 is 2.64 bits per heavy atom. The second-order valence-corrected chi connectivity index (χ2v) is 3.28. The first-order chi connectivity index (χ1) is 5.24. The fourth-order valence-corrected chi connectivity index (χ4v) is 1.39. The average Bonchev–Trinajstić information content (AvgIpc) is 2.36. The van der Waals surface area contributed by atoms with Gasteiger partial charge in [0.15, 0.2) is 5.78 Å². The summed E-state index contributed by atoms with van der Waals surface area (Å²) in [5, 5.41) is 0.894. The highest BCUT2D eigenvalue weighted by Gasteiger charge is 2.06. The number of hydrogen-bond acceptors (Lipinski definition) is 3. The molecular formula is C8H7NOS. The number of nitrogens with zero attached hydrogens (tertiary/aromatic N) is 1. The number of carbonyl (C=O) groups is 1. The van der Waals surface area contributed by atoms with Crippen LogP contribution in [0.1, 0.15) is 21.1 Å². The van der Waals surface area contributed by atoms with Gasteiger partial charge in [0.2, 0.25) is 0 Å². The second-order valence-electron chi connectivity index (χ2n) is 2.05. The number of thiazole rings is 1. The van der Waals surface area contributed by atoms with Crippen molar-refractivity contribution in [1.29, 1.82) is 0 Å². The molecule has 0 saturated carbocycles. The topological polar surface area (TPSA) is 30.0 Å². The number of aryl methyl sites for hydroxylation is 1. The number of hydrogen-bond donors (Lipinski definition) is 0. The van der Waals surface area contributed by atoms with E-state index in [0.29, 0.717) is 4.88 Å². The van der Waals surface area contributed by atoms with Crippen molar-refractivity contribution in [3.63, 3.8) is 0 Å². The van der Waals surface area contributed by atoms with Crippen molar-refractivity contribution in [1.82, 2.24) is 4.98 Å². The molecule has 11 heavy (non-hydrogen) atoms. The Kier molecular flexibility index (Phi) is 2.40. The first kappa shape index (κ1) is 7.96. The molecule has 0 fully saturated rings. The van der Waals surface area contributed by atoms with Crippen LogP contribution in [-0.2, 0) is 0 Å². The minimum atomic E-state index is -0.0156. The maximum absolute atomic E-state index is 11.1. The van der Waals surface area contributed by atoms with Crippen molar-refractivity contribution in [3.8, 4) is 12.3 Å². The van der Waals surface area contributed by atoms with E-state index in [2.05, 4.69) is 10.9 Å². The Morgan fingerprint density at radius 1 is 1.91 bits per heavy atom. The quantitative estimate of drug-likeness (QED) is 0.492. The summed E-state index contributed by atoms with van der Waals surface area (Å²) in [6, 6.07) is 0. The van der Waals surface area contributed by atoms with E-state index in [0.717, 1.165) is 5.01 Å². The highest BCUT2D eigenvalue weighted by molar-refractivity contribution is 7.13. The Morgan fingerprint density at radius 3 is 3.09 bits per heavy atom. The Hall–Kier alpha value is -1.14. The van der Waals surface area contributed by atoms with Crippen LogP contribution >= 0.6 is 11.3 Å². The van der Waals surface area contributed by atoms with Crippen LogP contribution in [0.2, 0.25) is 0 Å². The number of terminal acetylenes is 1. The lowest BCUT2D eigenvalue weighted by molar-refractivity contribution is 0.100. The number of carbonyl (C=O) groups excluding carboxylic acids is 1. The van der Waals surface area contributed by atoms with Gasteiger partial charge < -0.3 is 0 Å². The van der Waals surface area contributed by atoms with Crippen molar-refractivity contribution < 1.29 is 4.79 Å². The molecule has 0 atom stereocenters. The van der Waals surface area contributed by atoms with Crippen molar-refractivity contribution in [3.05, 3.63) is 16.1 Å². The van der Waals surface area contributed by atoms with E-state index in [-0.39, 0.29) is 12.2 Å². The smallest absolute Gasteiger partial charge is 0.186 e. The molecule has 0 spiro atoms. The zero-order valence-corrected chi connectivity index (χ0v) is 6.94. The molecule has 0 aliphatic carbocycles. The standard InChI is InChI=1S/C8H7NOS/c1-3-4-7(10)8-5-9-6(2)11-8/h1,5H,4H2,2H3. The van der Waals surface area contributed by atoms with Crippen LogP contribution in [0.25, 0.3) is 0 Å².